The van der Waals surface area contributed by atoms with Crippen molar-refractivity contribution in [2.75, 3.05) is 45.9 Å². The summed E-state index contributed by atoms with van der Waals surface area (Å²) < 4.78 is 124. The van der Waals surface area contributed by atoms with E-state index < -0.39 is 70.3 Å². The first-order chi connectivity index (χ1) is 27.7. The van der Waals surface area contributed by atoms with Crippen LogP contribution in [0, 0.1) is 11.6 Å². The van der Waals surface area contributed by atoms with Gasteiger partial charge in [0.05, 0.1) is 28.5 Å². The van der Waals surface area contributed by atoms with Crippen molar-refractivity contribution in [2.45, 2.75) is 69.6 Å². The van der Waals surface area contributed by atoms with E-state index in [0.717, 1.165) is 23.2 Å². The van der Waals surface area contributed by atoms with Gasteiger partial charge in [-0.1, -0.05) is 31.3 Å². The molecule has 1 spiro atoms. The molecular weight excluding hydrogens is 843 g/mol. The zero-order chi connectivity index (χ0) is 42.9. The number of hydrogen-bond donors (Lipinski definition) is 2. The molecule has 59 heavy (non-hydrogen) atoms. The number of carbonyl (C=O) groups excluding carboxylic acids is 3. The number of fused-ring (bicyclic) bond motifs is 1. The number of esters is 2. The predicted octanol–water partition coefficient (Wildman–Crippen LogP) is 6.40. The fraction of sp³-hybridized carbons (Fsp3) is 0.486. The molecule has 2 aliphatic rings. The first-order valence-electron chi connectivity index (χ1n) is 18.2. The number of morpholine rings is 1. The lowest BCUT2D eigenvalue weighted by Crippen LogP contribution is -2.58. The Bertz CT molecular complexity index is 2250. The maximum atomic E-state index is 15.8. The molecule has 2 N–H and O–H groups in total. The van der Waals surface area contributed by atoms with E-state index in [1.807, 2.05) is 18.7 Å². The Labute approximate surface area is 338 Å². The van der Waals surface area contributed by atoms with E-state index >= 15 is 4.39 Å². The van der Waals surface area contributed by atoms with Gasteiger partial charge < -0.3 is 29.4 Å². The van der Waals surface area contributed by atoms with Crippen LogP contribution in [0.4, 0.5) is 35.1 Å². The van der Waals surface area contributed by atoms with Gasteiger partial charge in [0.25, 0.3) is 5.91 Å². The maximum Gasteiger partial charge on any atom is 0.491 e. The Balaban J connectivity index is 1.09. The number of aromatic nitrogens is 2. The fourth-order valence-corrected chi connectivity index (χ4v) is 8.59. The second-order valence-corrected chi connectivity index (χ2v) is 16.2. The number of carbonyl (C=O) groups is 3. The number of H-pyrrole nitrogens is 1. The number of hydrogen-bond acceptors (Lipinski definition) is 12. The second kappa shape index (κ2) is 17.6. The number of amides is 1. The highest BCUT2D eigenvalue weighted by Crippen LogP contribution is 2.36. The number of ether oxygens (including phenoxy) is 3. The highest BCUT2D eigenvalue weighted by molar-refractivity contribution is 7.16. The Morgan fingerprint density at radius 1 is 1.02 bits per heavy atom. The van der Waals surface area contributed by atoms with Crippen LogP contribution in [-0.2, 0) is 32.0 Å². The number of halogens is 8. The molecule has 12 nitrogen and oxygen atoms in total. The van der Waals surface area contributed by atoms with Crippen LogP contribution in [-0.4, -0.2) is 101 Å². The molecular formula is C37H37F8N5O7S2. The van der Waals surface area contributed by atoms with Crippen LogP contribution in [0.3, 0.4) is 0 Å². The quantitative estimate of drug-likeness (QED) is 0.0711. The van der Waals surface area contributed by atoms with Gasteiger partial charge in [0.2, 0.25) is 0 Å². The molecule has 1 amide bonds. The number of nitrogens with one attached hydrogen (secondary N) is 2. The lowest BCUT2D eigenvalue weighted by molar-refractivity contribution is -0.205. The van der Waals surface area contributed by atoms with E-state index in [2.05, 4.69) is 24.8 Å². The predicted molar refractivity (Wildman–Crippen MR) is 197 cm³/mol. The molecule has 4 aromatic rings. The summed E-state index contributed by atoms with van der Waals surface area (Å²) >= 11 is 1.78. The minimum Gasteiger partial charge on any atom is -0.449 e. The van der Waals surface area contributed by atoms with Gasteiger partial charge in [-0.2, -0.15) is 26.3 Å². The number of piperidine rings is 1. The van der Waals surface area contributed by atoms with Crippen molar-refractivity contribution in [1.29, 1.82) is 0 Å². The molecule has 0 bridgehead atoms. The molecule has 320 valence electrons. The van der Waals surface area contributed by atoms with E-state index in [1.165, 1.54) is 17.4 Å². The number of rotatable bonds is 12. The summed E-state index contributed by atoms with van der Waals surface area (Å²) in [6.07, 6.45) is -11.9. The van der Waals surface area contributed by atoms with Gasteiger partial charge in [-0.3, -0.25) is 14.5 Å². The molecule has 1 atom stereocenters. The summed E-state index contributed by atoms with van der Waals surface area (Å²) in [5.41, 5.74) is -1.04. The Kier molecular flexibility index (Phi) is 13.1. The topological polar surface area (TPSA) is 143 Å². The molecule has 2 saturated heterocycles. The molecule has 0 unspecified atom stereocenters. The lowest BCUT2D eigenvalue weighted by atomic mass is 9.89. The molecule has 0 aliphatic carbocycles. The van der Waals surface area contributed by atoms with Gasteiger partial charge in [0, 0.05) is 60.7 Å². The van der Waals surface area contributed by atoms with Crippen molar-refractivity contribution in [2.24, 2.45) is 0 Å². The number of aromatic amines is 1. The molecule has 0 radical (unpaired) electrons. The highest BCUT2D eigenvalue weighted by atomic mass is 32.1. The van der Waals surface area contributed by atoms with E-state index in [1.54, 1.807) is 10.3 Å². The first-order valence-corrected chi connectivity index (χ1v) is 19.9. The summed E-state index contributed by atoms with van der Waals surface area (Å²) in [4.78, 5) is 58.3. The number of thiazole rings is 2. The third kappa shape index (κ3) is 10.3. The monoisotopic (exact) mass is 879 g/mol. The van der Waals surface area contributed by atoms with Crippen LogP contribution in [0.1, 0.15) is 70.9 Å². The van der Waals surface area contributed by atoms with Gasteiger partial charge in [-0.15, -0.1) is 11.3 Å². The van der Waals surface area contributed by atoms with Gasteiger partial charge in [0.1, 0.15) is 28.9 Å². The SMILES string of the molecule is CC(C)c1nc(C(=O)N2CCOC3(CCN(Cc4ccc(F)c(CCNC[C@H](OC(=O)C(F)(F)F)c5ccc(OC(=O)C(F)(F)F)c6[nH]c(=O)sc56)c4F)CC3)C2)cs1. The number of likely N-dealkylation sites (tertiary alicyclic amines) is 1. The summed E-state index contributed by atoms with van der Waals surface area (Å²) in [6, 6.07) is 4.12. The van der Waals surface area contributed by atoms with Crippen molar-refractivity contribution in [1.82, 2.24) is 25.1 Å². The molecule has 22 heteroatoms. The van der Waals surface area contributed by atoms with Crippen LogP contribution in [0.25, 0.3) is 10.2 Å². The van der Waals surface area contributed by atoms with Crippen molar-refractivity contribution < 1.29 is 63.7 Å². The lowest BCUT2D eigenvalue weighted by Gasteiger charge is -2.47. The summed E-state index contributed by atoms with van der Waals surface area (Å²) in [7, 11) is 0. The van der Waals surface area contributed by atoms with E-state index in [-0.39, 0.29) is 52.7 Å². The number of benzene rings is 2. The zero-order valence-electron chi connectivity index (χ0n) is 31.4. The highest BCUT2D eigenvalue weighted by Gasteiger charge is 2.44. The smallest absolute Gasteiger partial charge is 0.449 e. The number of nitrogens with zero attached hydrogens (tertiary/aromatic N) is 3. The molecule has 0 saturated carbocycles. The largest absolute Gasteiger partial charge is 0.491 e. The maximum absolute atomic E-state index is 15.8. The summed E-state index contributed by atoms with van der Waals surface area (Å²) in [5, 5.41) is 5.33. The third-order valence-corrected chi connectivity index (χ3v) is 12.0. The minimum absolute atomic E-state index is 0.126. The van der Waals surface area contributed by atoms with Crippen LogP contribution in [0.5, 0.6) is 5.75 Å². The van der Waals surface area contributed by atoms with Crippen LogP contribution in [0.2, 0.25) is 0 Å². The molecule has 6 rings (SSSR count). The molecule has 2 aromatic heterocycles. The van der Waals surface area contributed by atoms with Crippen molar-refractivity contribution >= 4 is 50.7 Å². The molecule has 4 heterocycles. The summed E-state index contributed by atoms with van der Waals surface area (Å²) in [6.45, 7) is 5.45. The Hall–Kier alpha value is -4.51. The van der Waals surface area contributed by atoms with E-state index in [4.69, 9.17) is 4.74 Å². The number of alkyl halides is 6. The van der Waals surface area contributed by atoms with E-state index in [9.17, 15) is 49.9 Å². The summed E-state index contributed by atoms with van der Waals surface area (Å²) in [5.74, 6) is -7.69. The first kappa shape index (κ1) is 44.1. The van der Waals surface area contributed by atoms with Crippen LogP contribution >= 0.6 is 22.7 Å². The van der Waals surface area contributed by atoms with Gasteiger partial charge >= 0.3 is 29.2 Å². The van der Waals surface area contributed by atoms with Crippen molar-refractivity contribution in [3.05, 3.63) is 78.3 Å². The van der Waals surface area contributed by atoms with Gasteiger partial charge in [-0.25, -0.2) is 23.4 Å². The van der Waals surface area contributed by atoms with Crippen LogP contribution in [0.15, 0.2) is 34.4 Å². The third-order valence-electron chi connectivity index (χ3n) is 9.91. The molecule has 2 aliphatic heterocycles. The average molecular weight is 880 g/mol. The normalized spacial score (nSPS) is 16.8. The van der Waals surface area contributed by atoms with E-state index in [0.29, 0.717) is 62.7 Å². The Morgan fingerprint density at radius 2 is 1.73 bits per heavy atom. The van der Waals surface area contributed by atoms with Gasteiger partial charge in [0.15, 0.2) is 5.75 Å². The Morgan fingerprint density at radius 3 is 2.39 bits per heavy atom. The fourth-order valence-electron chi connectivity index (χ4n) is 6.87. The van der Waals surface area contributed by atoms with Gasteiger partial charge in [-0.05, 0) is 44.0 Å². The zero-order valence-corrected chi connectivity index (χ0v) is 33.0. The molecule has 2 aromatic carbocycles. The minimum atomic E-state index is -5.46. The second-order valence-electron chi connectivity index (χ2n) is 14.4. The average Bonchev–Trinajstić information content (AvgIpc) is 3.83. The van der Waals surface area contributed by atoms with Crippen molar-refractivity contribution in [3.63, 3.8) is 0 Å². The standard InChI is InChI=1S/C37H37F8N5O7S2/c1-19(2)30-47-24(17-58-30)31(51)50-13-14-55-35(18-50)8-11-49(12-9-35)16-20-3-5-23(38)21(27(20)39)7-10-46-15-26(57-33(53)37(43,44)45)22-4-6-25(56-32(52)36(40,41)42)28-29(22)59-34(54)48-28/h3-6,17,19,26,46H,7-16,18H2,1-2H3,(H,48,54)/t26-/m0/s1. The van der Waals surface area contributed by atoms with Crippen LogP contribution < -0.4 is 14.9 Å². The van der Waals surface area contributed by atoms with Crippen molar-refractivity contribution in [3.8, 4) is 5.75 Å². The molecule has 2 fully saturated rings.